The van der Waals surface area contributed by atoms with E-state index in [0.29, 0.717) is 5.75 Å². The summed E-state index contributed by atoms with van der Waals surface area (Å²) in [7, 11) is 0.100. The molecule has 0 radical (unpaired) electrons. The fourth-order valence-electron chi connectivity index (χ4n) is 1.56. The minimum Gasteiger partial charge on any atom is -0.466 e. The second-order valence-corrected chi connectivity index (χ2v) is 5.17. The van der Waals surface area contributed by atoms with Crippen LogP contribution < -0.4 is 0 Å². The van der Waals surface area contributed by atoms with Crippen molar-refractivity contribution in [2.24, 2.45) is 0 Å². The Balaban J connectivity index is 2.68. The van der Waals surface area contributed by atoms with Crippen LogP contribution in [0.5, 0.6) is 0 Å². The van der Waals surface area contributed by atoms with E-state index in [-0.39, 0.29) is 0 Å². The van der Waals surface area contributed by atoms with E-state index in [1.165, 1.54) is 18.6 Å². The van der Waals surface area contributed by atoms with Gasteiger partial charge in [0.2, 0.25) is 0 Å². The number of hydrogen-bond donors (Lipinski definition) is 0. The summed E-state index contributed by atoms with van der Waals surface area (Å²) in [6, 6.07) is 6.06. The largest absolute Gasteiger partial charge is 0.466 e. The highest BCUT2D eigenvalue weighted by Gasteiger charge is 2.01. The molecule has 1 aromatic rings. The first-order chi connectivity index (χ1) is 8.01. The van der Waals surface area contributed by atoms with Crippen molar-refractivity contribution in [2.75, 3.05) is 7.11 Å². The van der Waals surface area contributed by atoms with Gasteiger partial charge in [-0.1, -0.05) is 29.3 Å². The van der Waals surface area contributed by atoms with Crippen LogP contribution in [0, 0.1) is 13.8 Å². The zero-order valence-corrected chi connectivity index (χ0v) is 11.0. The summed E-state index contributed by atoms with van der Waals surface area (Å²) in [5.74, 6) is -0.0745. The molecule has 0 aromatic heterocycles. The molecule has 0 amide bonds. The highest BCUT2D eigenvalue weighted by molar-refractivity contribution is 7.87. The summed E-state index contributed by atoms with van der Waals surface area (Å²) in [5, 5.41) is 1.36. The summed E-state index contributed by atoms with van der Waals surface area (Å²) >= 11 is 0. The van der Waals surface area contributed by atoms with Crippen molar-refractivity contribution in [3.05, 3.63) is 46.4 Å². The van der Waals surface area contributed by atoms with E-state index in [9.17, 15) is 9.00 Å². The van der Waals surface area contributed by atoms with Gasteiger partial charge in [-0.3, -0.25) is 4.21 Å². The van der Waals surface area contributed by atoms with Gasteiger partial charge in [-0.2, -0.15) is 0 Å². The summed E-state index contributed by atoms with van der Waals surface area (Å²) in [6.45, 7) is 4.01. The van der Waals surface area contributed by atoms with Gasteiger partial charge in [0.1, 0.15) is 0 Å². The van der Waals surface area contributed by atoms with Crippen molar-refractivity contribution in [3.63, 3.8) is 0 Å². The third-order valence-corrected chi connectivity index (χ3v) is 3.20. The molecule has 0 aliphatic rings. The molecule has 0 heterocycles. The predicted octanol–water partition coefficient (Wildman–Crippen LogP) is 2.24. The van der Waals surface area contributed by atoms with Crippen LogP contribution in [0.4, 0.5) is 0 Å². The number of ether oxygens (including phenoxy) is 1. The van der Waals surface area contributed by atoms with Gasteiger partial charge in [0.05, 0.1) is 23.7 Å². The number of esters is 1. The Hall–Kier alpha value is -1.42. The van der Waals surface area contributed by atoms with Crippen molar-refractivity contribution in [1.82, 2.24) is 0 Å². The first-order valence-electron chi connectivity index (χ1n) is 5.22. The number of rotatable bonds is 4. The Morgan fingerprint density at radius 3 is 2.41 bits per heavy atom. The molecule has 0 bridgehead atoms. The lowest BCUT2D eigenvalue weighted by molar-refractivity contribution is -0.134. The number of hydrogen-bond acceptors (Lipinski definition) is 3. The van der Waals surface area contributed by atoms with Crippen LogP contribution in [0.15, 0.2) is 29.7 Å². The van der Waals surface area contributed by atoms with Gasteiger partial charge < -0.3 is 4.74 Å². The lowest BCUT2D eigenvalue weighted by atomic mass is 10.1. The van der Waals surface area contributed by atoms with Gasteiger partial charge in [0.25, 0.3) is 0 Å². The molecular formula is C13H16O3S. The molecule has 0 N–H and O–H groups in total. The highest BCUT2D eigenvalue weighted by atomic mass is 32.2. The molecule has 0 fully saturated rings. The first-order valence-corrected chi connectivity index (χ1v) is 6.60. The Kier molecular flexibility index (Phi) is 5.10. The van der Waals surface area contributed by atoms with Gasteiger partial charge in [-0.15, -0.1) is 0 Å². The van der Waals surface area contributed by atoms with Crippen LogP contribution in [0.25, 0.3) is 0 Å². The Morgan fingerprint density at radius 1 is 1.29 bits per heavy atom. The van der Waals surface area contributed by atoms with E-state index in [1.807, 2.05) is 26.0 Å². The Morgan fingerprint density at radius 2 is 1.88 bits per heavy atom. The second-order valence-electron chi connectivity index (χ2n) is 3.85. The number of aryl methyl sites for hydroxylation is 2. The van der Waals surface area contributed by atoms with Crippen molar-refractivity contribution < 1.29 is 13.7 Å². The molecule has 1 aromatic carbocycles. The van der Waals surface area contributed by atoms with Gasteiger partial charge >= 0.3 is 5.97 Å². The number of carbonyl (C=O) groups excluding carboxylic acids is 1. The van der Waals surface area contributed by atoms with Crippen molar-refractivity contribution >= 4 is 16.8 Å². The van der Waals surface area contributed by atoms with Crippen molar-refractivity contribution in [1.29, 1.82) is 0 Å². The molecule has 3 nitrogen and oxygen atoms in total. The molecule has 92 valence electrons. The van der Waals surface area contributed by atoms with E-state index in [0.717, 1.165) is 16.7 Å². The fraction of sp³-hybridized carbons (Fsp3) is 0.308. The Labute approximate surface area is 104 Å². The standard InChI is InChI=1S/C13H16O3S/c1-10-6-11(2)8-12(7-10)9-17(15)5-4-13(14)16-3/h4-8H,9H2,1-3H3/b5-4+. The summed E-state index contributed by atoms with van der Waals surface area (Å²) in [6.07, 6.45) is 1.19. The maximum absolute atomic E-state index is 11.7. The molecule has 1 rings (SSSR count). The van der Waals surface area contributed by atoms with Crippen LogP contribution in [0.2, 0.25) is 0 Å². The van der Waals surface area contributed by atoms with Gasteiger partial charge in [-0.25, -0.2) is 4.79 Å². The lowest BCUT2D eigenvalue weighted by Gasteiger charge is -2.02. The average Bonchev–Trinajstić information content (AvgIpc) is 2.24. The first kappa shape index (κ1) is 13.6. The van der Waals surface area contributed by atoms with Crippen LogP contribution >= 0.6 is 0 Å². The van der Waals surface area contributed by atoms with E-state index in [2.05, 4.69) is 10.8 Å². The molecule has 0 aliphatic heterocycles. The smallest absolute Gasteiger partial charge is 0.331 e. The summed E-state index contributed by atoms with van der Waals surface area (Å²) < 4.78 is 16.1. The molecule has 0 aliphatic carbocycles. The molecular weight excluding hydrogens is 236 g/mol. The highest BCUT2D eigenvalue weighted by Crippen LogP contribution is 2.11. The minimum atomic E-state index is -1.19. The number of methoxy groups -OCH3 is 1. The summed E-state index contributed by atoms with van der Waals surface area (Å²) in [5.41, 5.74) is 3.30. The third-order valence-electron chi connectivity index (χ3n) is 2.15. The van der Waals surface area contributed by atoms with Crippen molar-refractivity contribution in [2.45, 2.75) is 19.6 Å². The maximum atomic E-state index is 11.7. The van der Waals surface area contributed by atoms with E-state index < -0.39 is 16.8 Å². The molecule has 1 unspecified atom stereocenters. The molecule has 0 spiro atoms. The number of benzene rings is 1. The predicted molar refractivity (Wildman–Crippen MR) is 68.9 cm³/mol. The zero-order chi connectivity index (χ0) is 12.8. The van der Waals surface area contributed by atoms with Gasteiger partial charge in [-0.05, 0) is 19.4 Å². The zero-order valence-electron chi connectivity index (χ0n) is 10.2. The topological polar surface area (TPSA) is 43.4 Å². The van der Waals surface area contributed by atoms with E-state index >= 15 is 0 Å². The normalized spacial score (nSPS) is 12.6. The minimum absolute atomic E-state index is 0.413. The average molecular weight is 252 g/mol. The van der Waals surface area contributed by atoms with Crippen LogP contribution in [0.3, 0.4) is 0 Å². The molecule has 0 saturated heterocycles. The van der Waals surface area contributed by atoms with Crippen LogP contribution in [-0.4, -0.2) is 17.3 Å². The van der Waals surface area contributed by atoms with Gasteiger partial charge in [0.15, 0.2) is 0 Å². The number of carbonyl (C=O) groups is 1. The monoisotopic (exact) mass is 252 g/mol. The Bertz CT molecular complexity index is 443. The second kappa shape index (κ2) is 6.35. The van der Waals surface area contributed by atoms with Crippen LogP contribution in [0.1, 0.15) is 16.7 Å². The maximum Gasteiger partial charge on any atom is 0.331 e. The molecule has 0 saturated carbocycles. The van der Waals surface area contributed by atoms with E-state index in [1.54, 1.807) is 0 Å². The molecule has 4 heteroatoms. The fourth-order valence-corrected chi connectivity index (χ4v) is 2.42. The molecule has 1 atom stereocenters. The molecule has 17 heavy (non-hydrogen) atoms. The van der Waals surface area contributed by atoms with Crippen LogP contribution in [-0.2, 0) is 26.1 Å². The lowest BCUT2D eigenvalue weighted by Crippen LogP contribution is -1.97. The van der Waals surface area contributed by atoms with E-state index in [4.69, 9.17) is 0 Å². The summed E-state index contributed by atoms with van der Waals surface area (Å²) in [4.78, 5) is 10.8. The third kappa shape index (κ3) is 4.95. The van der Waals surface area contributed by atoms with Crippen molar-refractivity contribution in [3.8, 4) is 0 Å². The van der Waals surface area contributed by atoms with Gasteiger partial charge in [0, 0.05) is 11.5 Å². The SMILES string of the molecule is COC(=O)/C=C/S(=O)Cc1cc(C)cc(C)c1. The quantitative estimate of drug-likeness (QED) is 0.609.